The first-order chi connectivity index (χ1) is 20.3. The summed E-state index contributed by atoms with van der Waals surface area (Å²) in [5, 5.41) is 14.3. The number of nitrogens with zero attached hydrogens (tertiary/aromatic N) is 8. The number of fused-ring (bicyclic) bond motifs is 2. The summed E-state index contributed by atoms with van der Waals surface area (Å²) in [6, 6.07) is 15.4. The zero-order valence-electron chi connectivity index (χ0n) is 24.3. The number of methoxy groups -OCH3 is 1. The van der Waals surface area contributed by atoms with E-state index < -0.39 is 0 Å². The second-order valence-corrected chi connectivity index (χ2v) is 11.1. The van der Waals surface area contributed by atoms with E-state index in [-0.39, 0.29) is 12.2 Å². The van der Waals surface area contributed by atoms with Gasteiger partial charge in [0.15, 0.2) is 17.4 Å². The lowest BCUT2D eigenvalue weighted by Crippen LogP contribution is -2.47. The number of anilines is 1. The van der Waals surface area contributed by atoms with E-state index in [2.05, 4.69) is 31.6 Å². The van der Waals surface area contributed by atoms with E-state index in [0.29, 0.717) is 17.2 Å². The Labute approximate surface area is 244 Å². The average molecular weight is 567 g/mol. The van der Waals surface area contributed by atoms with Crippen LogP contribution in [-0.2, 0) is 11.3 Å². The van der Waals surface area contributed by atoms with Crippen LogP contribution in [0.1, 0.15) is 26.6 Å². The van der Waals surface area contributed by atoms with E-state index in [1.807, 2.05) is 75.5 Å². The third kappa shape index (κ3) is 5.76. The third-order valence-corrected chi connectivity index (χ3v) is 7.02. The highest BCUT2D eigenvalue weighted by atomic mass is 16.5. The summed E-state index contributed by atoms with van der Waals surface area (Å²) in [4.78, 5) is 13.6. The number of hydrogen-bond donors (Lipinski definition) is 0. The second-order valence-electron chi connectivity index (χ2n) is 11.1. The van der Waals surface area contributed by atoms with Crippen LogP contribution in [0.4, 0.5) is 5.82 Å². The van der Waals surface area contributed by atoms with Crippen LogP contribution < -0.4 is 14.4 Å². The van der Waals surface area contributed by atoms with Crippen molar-refractivity contribution >= 4 is 22.4 Å². The van der Waals surface area contributed by atoms with Gasteiger partial charge in [-0.05, 0) is 69.8 Å². The lowest BCUT2D eigenvalue weighted by Gasteiger charge is -2.38. The van der Waals surface area contributed by atoms with Crippen molar-refractivity contribution in [2.45, 2.75) is 33.0 Å². The minimum Gasteiger partial charge on any atom is -0.497 e. The Kier molecular flexibility index (Phi) is 7.24. The molecule has 0 N–H and O–H groups in total. The summed E-state index contributed by atoms with van der Waals surface area (Å²) in [5.41, 5.74) is 2.84. The van der Waals surface area contributed by atoms with Gasteiger partial charge in [0.05, 0.1) is 18.3 Å². The van der Waals surface area contributed by atoms with Gasteiger partial charge in [0, 0.05) is 55.6 Å². The highest BCUT2D eigenvalue weighted by Crippen LogP contribution is 2.28. The van der Waals surface area contributed by atoms with Gasteiger partial charge in [0.25, 0.3) is 0 Å². The van der Waals surface area contributed by atoms with Crippen LogP contribution in [0, 0.1) is 0 Å². The molecule has 0 unspecified atom stereocenters. The molecule has 1 saturated heterocycles. The number of aromatic nitrogens is 6. The van der Waals surface area contributed by atoms with Crippen molar-refractivity contribution in [3.05, 3.63) is 79.2 Å². The molecule has 6 rings (SSSR count). The fourth-order valence-electron chi connectivity index (χ4n) is 4.90. The largest absolute Gasteiger partial charge is 0.497 e. The number of hydrogen-bond acceptors (Lipinski definition) is 10. The van der Waals surface area contributed by atoms with Gasteiger partial charge in [-0.3, -0.25) is 4.98 Å². The van der Waals surface area contributed by atoms with Gasteiger partial charge in [-0.1, -0.05) is 0 Å². The molecule has 0 saturated carbocycles. The fourth-order valence-corrected chi connectivity index (χ4v) is 4.90. The van der Waals surface area contributed by atoms with E-state index in [1.54, 1.807) is 17.8 Å². The Morgan fingerprint density at radius 1 is 0.952 bits per heavy atom. The minimum atomic E-state index is -0.257. The average Bonchev–Trinajstić information content (AvgIpc) is 3.41. The Morgan fingerprint density at radius 3 is 2.52 bits per heavy atom. The van der Waals surface area contributed by atoms with Crippen LogP contribution in [0.5, 0.6) is 11.5 Å². The predicted octanol–water partition coefficient (Wildman–Crippen LogP) is 4.73. The standard InChI is InChI=1S/C31H34N8O3/c1-21(42-31(2,3)4)37-14-16-38(17-15-37)28-10-6-22(19-33-28)25-9-11-29-34-35-30(39(29)36-25)20-41-27-12-13-32-26-18-23(40-5)7-8-24(26)27/h6-13,18-19H,1,14-17,20H2,2-5H3. The van der Waals surface area contributed by atoms with Crippen molar-refractivity contribution in [2.24, 2.45) is 0 Å². The molecule has 216 valence electrons. The number of rotatable bonds is 8. The van der Waals surface area contributed by atoms with Crippen LogP contribution in [0.15, 0.2) is 73.4 Å². The molecule has 1 aliphatic heterocycles. The van der Waals surface area contributed by atoms with Crippen LogP contribution >= 0.6 is 0 Å². The van der Waals surface area contributed by atoms with Crippen LogP contribution in [0.25, 0.3) is 27.8 Å². The maximum atomic E-state index is 6.14. The van der Waals surface area contributed by atoms with Gasteiger partial charge < -0.3 is 24.0 Å². The molecule has 0 atom stereocenters. The van der Waals surface area contributed by atoms with E-state index >= 15 is 0 Å². The first-order valence-corrected chi connectivity index (χ1v) is 13.9. The first-order valence-electron chi connectivity index (χ1n) is 13.9. The molecule has 0 radical (unpaired) electrons. The summed E-state index contributed by atoms with van der Waals surface area (Å²) in [6.45, 7) is 13.8. The first kappa shape index (κ1) is 27.3. The molecule has 4 aromatic heterocycles. The molecule has 0 aliphatic carbocycles. The Morgan fingerprint density at radius 2 is 1.79 bits per heavy atom. The van der Waals surface area contributed by atoms with Gasteiger partial charge in [0.1, 0.15) is 29.5 Å². The molecule has 11 heteroatoms. The van der Waals surface area contributed by atoms with Crippen LogP contribution in [0.3, 0.4) is 0 Å². The van der Waals surface area contributed by atoms with Gasteiger partial charge in [-0.25, -0.2) is 4.98 Å². The van der Waals surface area contributed by atoms with Crippen molar-refractivity contribution in [2.75, 3.05) is 38.2 Å². The van der Waals surface area contributed by atoms with Gasteiger partial charge in [0.2, 0.25) is 0 Å². The van der Waals surface area contributed by atoms with Crippen molar-refractivity contribution < 1.29 is 14.2 Å². The van der Waals surface area contributed by atoms with Crippen molar-refractivity contribution in [1.29, 1.82) is 0 Å². The lowest BCUT2D eigenvalue weighted by molar-refractivity contribution is 0.00164. The maximum absolute atomic E-state index is 6.14. The second kappa shape index (κ2) is 11.2. The van der Waals surface area contributed by atoms with E-state index in [9.17, 15) is 0 Å². The third-order valence-electron chi connectivity index (χ3n) is 7.02. The van der Waals surface area contributed by atoms with Gasteiger partial charge in [-0.15, -0.1) is 10.2 Å². The predicted molar refractivity (Wildman–Crippen MR) is 160 cm³/mol. The molecular weight excluding hydrogens is 532 g/mol. The van der Waals surface area contributed by atoms with Crippen molar-refractivity contribution in [3.63, 3.8) is 0 Å². The van der Waals surface area contributed by atoms with Crippen LogP contribution in [-0.4, -0.2) is 73.6 Å². The molecule has 0 spiro atoms. The zero-order chi connectivity index (χ0) is 29.3. The molecular formula is C31H34N8O3. The lowest BCUT2D eigenvalue weighted by atomic mass is 10.2. The topological polar surface area (TPSA) is 103 Å². The molecule has 0 bridgehead atoms. The normalized spacial score (nSPS) is 13.9. The Hall–Kier alpha value is -4.93. The molecule has 42 heavy (non-hydrogen) atoms. The van der Waals surface area contributed by atoms with Crippen LogP contribution in [0.2, 0.25) is 0 Å². The zero-order valence-corrected chi connectivity index (χ0v) is 24.3. The van der Waals surface area contributed by atoms with E-state index in [1.165, 1.54) is 0 Å². The highest BCUT2D eigenvalue weighted by molar-refractivity contribution is 5.85. The summed E-state index contributed by atoms with van der Waals surface area (Å²) in [5.74, 6) is 3.68. The molecule has 5 aromatic rings. The van der Waals surface area contributed by atoms with Gasteiger partial charge >= 0.3 is 0 Å². The Balaban J connectivity index is 1.14. The molecule has 0 amide bonds. The minimum absolute atomic E-state index is 0.194. The summed E-state index contributed by atoms with van der Waals surface area (Å²) in [7, 11) is 1.63. The quantitative estimate of drug-likeness (QED) is 0.245. The van der Waals surface area contributed by atoms with E-state index in [4.69, 9.17) is 24.3 Å². The van der Waals surface area contributed by atoms with Crippen molar-refractivity contribution in [1.82, 2.24) is 34.7 Å². The number of pyridine rings is 2. The summed E-state index contributed by atoms with van der Waals surface area (Å²) >= 11 is 0. The number of ether oxygens (including phenoxy) is 3. The summed E-state index contributed by atoms with van der Waals surface area (Å²) in [6.07, 6.45) is 3.57. The fraction of sp³-hybridized carbons (Fsp3) is 0.323. The molecule has 5 heterocycles. The Bertz CT molecular complexity index is 1720. The van der Waals surface area contributed by atoms with Gasteiger partial charge in [-0.2, -0.15) is 9.61 Å². The molecule has 1 aromatic carbocycles. The molecule has 11 nitrogen and oxygen atoms in total. The van der Waals surface area contributed by atoms with E-state index in [0.717, 1.165) is 65.8 Å². The highest BCUT2D eigenvalue weighted by Gasteiger charge is 2.23. The molecule has 1 fully saturated rings. The maximum Gasteiger partial charge on any atom is 0.192 e. The summed E-state index contributed by atoms with van der Waals surface area (Å²) < 4.78 is 19.1. The van der Waals surface area contributed by atoms with Crippen molar-refractivity contribution in [3.8, 4) is 22.8 Å². The molecule has 1 aliphatic rings. The smallest absolute Gasteiger partial charge is 0.192 e. The number of benzene rings is 1. The number of piperazine rings is 1. The SMILES string of the molecule is C=C(OC(C)(C)C)N1CCN(c2ccc(-c3ccc4nnc(COc5ccnc6cc(OC)ccc56)n4n3)cn2)CC1. The monoisotopic (exact) mass is 566 g/mol.